The molecule has 0 aromatic carbocycles. The molecule has 4 rings (SSSR count). The number of carbonyl (C=O) groups excluding carboxylic acids is 1. The Bertz CT molecular complexity index is 579. The van der Waals surface area contributed by atoms with E-state index in [1.165, 1.54) is 25.7 Å². The van der Waals surface area contributed by atoms with Crippen LogP contribution in [0.2, 0.25) is 0 Å². The third kappa shape index (κ3) is 4.20. The van der Waals surface area contributed by atoms with Gasteiger partial charge in [-0.15, -0.1) is 0 Å². The fourth-order valence-electron chi connectivity index (χ4n) is 4.91. The predicted molar refractivity (Wildman–Crippen MR) is 104 cm³/mol. The van der Waals surface area contributed by atoms with Gasteiger partial charge in [0.2, 0.25) is 5.91 Å². The van der Waals surface area contributed by atoms with Crippen molar-refractivity contribution < 1.29 is 4.79 Å². The number of piperazine rings is 1. The highest BCUT2D eigenvalue weighted by Crippen LogP contribution is 2.29. The van der Waals surface area contributed by atoms with E-state index < -0.39 is 0 Å². The van der Waals surface area contributed by atoms with Crippen molar-refractivity contribution in [2.45, 2.75) is 38.5 Å². The van der Waals surface area contributed by atoms with Gasteiger partial charge in [0.15, 0.2) is 0 Å². The van der Waals surface area contributed by atoms with Crippen LogP contribution in [0.4, 0.5) is 5.82 Å². The Balaban J connectivity index is 1.25. The van der Waals surface area contributed by atoms with Crippen molar-refractivity contribution in [2.24, 2.45) is 11.8 Å². The molecular formula is C21H32N4O. The van der Waals surface area contributed by atoms with Gasteiger partial charge in [0, 0.05) is 57.9 Å². The van der Waals surface area contributed by atoms with Crippen molar-refractivity contribution >= 4 is 11.7 Å². The summed E-state index contributed by atoms with van der Waals surface area (Å²) in [5.41, 5.74) is 0. The normalized spacial score (nSPS) is 25.6. The molecule has 1 amide bonds. The van der Waals surface area contributed by atoms with Crippen LogP contribution >= 0.6 is 0 Å². The lowest BCUT2D eigenvalue weighted by molar-refractivity contribution is -0.137. The highest BCUT2D eigenvalue weighted by molar-refractivity contribution is 5.79. The Hall–Kier alpha value is -1.62. The van der Waals surface area contributed by atoms with Gasteiger partial charge in [-0.1, -0.05) is 18.9 Å². The standard InChI is InChI=1S/C21H32N4O/c26-21(19-7-1-2-8-19)25-11-5-6-18(17-25)16-23-12-14-24(15-13-23)20-9-3-4-10-22-20/h3-4,9-10,18-19H,1-2,5-8,11-17H2/t18-/m0/s1. The fraction of sp³-hybridized carbons (Fsp3) is 0.714. The summed E-state index contributed by atoms with van der Waals surface area (Å²) in [6.45, 7) is 7.41. The van der Waals surface area contributed by atoms with E-state index in [1.807, 2.05) is 12.3 Å². The molecule has 3 aliphatic rings. The lowest BCUT2D eigenvalue weighted by Gasteiger charge is -2.40. The number of carbonyl (C=O) groups is 1. The van der Waals surface area contributed by atoms with Crippen molar-refractivity contribution in [3.05, 3.63) is 24.4 Å². The molecule has 0 unspecified atom stereocenters. The zero-order chi connectivity index (χ0) is 17.8. The molecular weight excluding hydrogens is 324 g/mol. The van der Waals surface area contributed by atoms with Crippen molar-refractivity contribution in [2.75, 3.05) is 50.7 Å². The quantitative estimate of drug-likeness (QED) is 0.831. The maximum atomic E-state index is 12.7. The van der Waals surface area contributed by atoms with Gasteiger partial charge >= 0.3 is 0 Å². The number of amides is 1. The molecule has 1 aromatic heterocycles. The smallest absolute Gasteiger partial charge is 0.225 e. The number of pyridine rings is 1. The number of piperidine rings is 1. The third-order valence-corrected chi connectivity index (χ3v) is 6.40. The number of likely N-dealkylation sites (tertiary alicyclic amines) is 1. The van der Waals surface area contributed by atoms with E-state index in [4.69, 9.17) is 0 Å². The summed E-state index contributed by atoms with van der Waals surface area (Å²) in [5.74, 6) is 2.52. The van der Waals surface area contributed by atoms with E-state index in [9.17, 15) is 4.79 Å². The van der Waals surface area contributed by atoms with Crippen molar-refractivity contribution in [1.82, 2.24) is 14.8 Å². The maximum Gasteiger partial charge on any atom is 0.225 e. The first kappa shape index (κ1) is 17.8. The molecule has 0 spiro atoms. The lowest BCUT2D eigenvalue weighted by atomic mass is 9.95. The van der Waals surface area contributed by atoms with Crippen LogP contribution in [0.25, 0.3) is 0 Å². The second-order valence-electron chi connectivity index (χ2n) is 8.25. The van der Waals surface area contributed by atoms with Gasteiger partial charge in [-0.3, -0.25) is 9.69 Å². The van der Waals surface area contributed by atoms with Crippen LogP contribution in [0.3, 0.4) is 0 Å². The number of nitrogens with zero attached hydrogens (tertiary/aromatic N) is 4. The first-order chi connectivity index (χ1) is 12.8. The Morgan fingerprint density at radius 1 is 1.00 bits per heavy atom. The van der Waals surface area contributed by atoms with Crippen molar-refractivity contribution in [3.8, 4) is 0 Å². The third-order valence-electron chi connectivity index (χ3n) is 6.40. The summed E-state index contributed by atoms with van der Waals surface area (Å²) in [7, 11) is 0. The molecule has 3 heterocycles. The van der Waals surface area contributed by atoms with Crippen LogP contribution in [-0.2, 0) is 4.79 Å². The predicted octanol–water partition coefficient (Wildman–Crippen LogP) is 2.63. The number of hydrogen-bond acceptors (Lipinski definition) is 4. The van der Waals surface area contributed by atoms with E-state index >= 15 is 0 Å². The largest absolute Gasteiger partial charge is 0.354 e. The van der Waals surface area contributed by atoms with Gasteiger partial charge in [-0.2, -0.15) is 0 Å². The first-order valence-electron chi connectivity index (χ1n) is 10.5. The monoisotopic (exact) mass is 356 g/mol. The summed E-state index contributed by atoms with van der Waals surface area (Å²) in [5, 5.41) is 0. The average Bonchev–Trinajstić information content (AvgIpc) is 3.24. The molecule has 2 aliphatic heterocycles. The van der Waals surface area contributed by atoms with Gasteiger partial charge in [-0.05, 0) is 43.7 Å². The van der Waals surface area contributed by atoms with E-state index in [0.29, 0.717) is 17.7 Å². The van der Waals surface area contributed by atoms with Crippen LogP contribution in [-0.4, -0.2) is 66.5 Å². The van der Waals surface area contributed by atoms with E-state index in [-0.39, 0.29) is 0 Å². The van der Waals surface area contributed by atoms with E-state index in [2.05, 4.69) is 31.8 Å². The summed E-state index contributed by atoms with van der Waals surface area (Å²) in [6, 6.07) is 6.14. The number of rotatable bonds is 4. The van der Waals surface area contributed by atoms with Crippen molar-refractivity contribution in [3.63, 3.8) is 0 Å². The number of anilines is 1. The van der Waals surface area contributed by atoms with Crippen LogP contribution in [0, 0.1) is 11.8 Å². The lowest BCUT2D eigenvalue weighted by Crippen LogP contribution is -2.50. The minimum atomic E-state index is 0.329. The maximum absolute atomic E-state index is 12.7. The van der Waals surface area contributed by atoms with Crippen LogP contribution in [0.1, 0.15) is 38.5 Å². The molecule has 0 radical (unpaired) electrons. The molecule has 26 heavy (non-hydrogen) atoms. The molecule has 5 heteroatoms. The molecule has 1 aliphatic carbocycles. The molecule has 0 bridgehead atoms. The second kappa shape index (κ2) is 8.38. The van der Waals surface area contributed by atoms with Gasteiger partial charge in [0.25, 0.3) is 0 Å². The van der Waals surface area contributed by atoms with Crippen LogP contribution < -0.4 is 4.90 Å². The minimum Gasteiger partial charge on any atom is -0.354 e. The molecule has 0 N–H and O–H groups in total. The van der Waals surface area contributed by atoms with E-state index in [0.717, 1.165) is 64.5 Å². The highest BCUT2D eigenvalue weighted by Gasteiger charge is 2.31. The van der Waals surface area contributed by atoms with Crippen LogP contribution in [0.5, 0.6) is 0 Å². The van der Waals surface area contributed by atoms with Gasteiger partial charge < -0.3 is 9.80 Å². The first-order valence-corrected chi connectivity index (χ1v) is 10.5. The zero-order valence-corrected chi connectivity index (χ0v) is 15.9. The van der Waals surface area contributed by atoms with Gasteiger partial charge in [0.05, 0.1) is 0 Å². The van der Waals surface area contributed by atoms with Crippen LogP contribution in [0.15, 0.2) is 24.4 Å². The highest BCUT2D eigenvalue weighted by atomic mass is 16.2. The molecule has 1 aromatic rings. The Labute approximate surface area is 157 Å². The van der Waals surface area contributed by atoms with Crippen molar-refractivity contribution in [1.29, 1.82) is 0 Å². The second-order valence-corrected chi connectivity index (χ2v) is 8.25. The average molecular weight is 357 g/mol. The Morgan fingerprint density at radius 3 is 2.54 bits per heavy atom. The number of hydrogen-bond donors (Lipinski definition) is 0. The molecule has 5 nitrogen and oxygen atoms in total. The van der Waals surface area contributed by atoms with Gasteiger partial charge in [-0.25, -0.2) is 4.98 Å². The Morgan fingerprint density at radius 2 is 1.81 bits per heavy atom. The molecule has 3 fully saturated rings. The topological polar surface area (TPSA) is 39.7 Å². The zero-order valence-electron chi connectivity index (χ0n) is 15.9. The van der Waals surface area contributed by atoms with E-state index in [1.54, 1.807) is 0 Å². The summed E-state index contributed by atoms with van der Waals surface area (Å²) in [6.07, 6.45) is 9.05. The molecule has 2 saturated heterocycles. The minimum absolute atomic E-state index is 0.329. The summed E-state index contributed by atoms with van der Waals surface area (Å²) in [4.78, 5) is 24.4. The molecule has 142 valence electrons. The molecule has 1 atom stereocenters. The Kier molecular flexibility index (Phi) is 5.73. The molecule has 1 saturated carbocycles. The fourth-order valence-corrected chi connectivity index (χ4v) is 4.91. The van der Waals surface area contributed by atoms with Gasteiger partial charge in [0.1, 0.15) is 5.82 Å². The summed E-state index contributed by atoms with van der Waals surface area (Å²) >= 11 is 0. The summed E-state index contributed by atoms with van der Waals surface area (Å²) < 4.78 is 0. The SMILES string of the molecule is O=C(C1CCCC1)N1CCC[C@@H](CN2CCN(c3ccccn3)CC2)C1. The number of aromatic nitrogens is 1.